The Kier molecular flexibility index (Phi) is 4.21. The molecule has 0 N–H and O–H groups in total. The largest absolute Gasteiger partial charge is 0.372 e. The highest BCUT2D eigenvalue weighted by atomic mass is 79.9. The van der Waals surface area contributed by atoms with Crippen LogP contribution in [0.2, 0.25) is 0 Å². The summed E-state index contributed by atoms with van der Waals surface area (Å²) in [4.78, 5) is 14.1. The van der Waals surface area contributed by atoms with Gasteiger partial charge in [0, 0.05) is 35.2 Å². The highest BCUT2D eigenvalue weighted by molar-refractivity contribution is 9.10. The van der Waals surface area contributed by atoms with E-state index in [1.807, 2.05) is 13.0 Å². The highest BCUT2D eigenvalue weighted by Crippen LogP contribution is 2.27. The van der Waals surface area contributed by atoms with Crippen LogP contribution in [0.25, 0.3) is 0 Å². The van der Waals surface area contributed by atoms with Gasteiger partial charge in [0.25, 0.3) is 0 Å². The van der Waals surface area contributed by atoms with Gasteiger partial charge in [0.05, 0.1) is 0 Å². The van der Waals surface area contributed by atoms with Gasteiger partial charge in [-0.15, -0.1) is 0 Å². The van der Waals surface area contributed by atoms with Crippen LogP contribution < -0.4 is 4.90 Å². The van der Waals surface area contributed by atoms with Gasteiger partial charge < -0.3 is 4.90 Å². The third-order valence-electron chi connectivity index (χ3n) is 3.30. The average molecular weight is 296 g/mol. The van der Waals surface area contributed by atoms with Crippen molar-refractivity contribution >= 4 is 27.4 Å². The number of ketones is 1. The van der Waals surface area contributed by atoms with Crippen molar-refractivity contribution in [3.8, 4) is 0 Å². The van der Waals surface area contributed by atoms with Gasteiger partial charge in [0.2, 0.25) is 0 Å². The molecule has 1 aromatic carbocycles. The SMILES string of the molecule is CCC(=O)c1ccc(N2CCCCC2)cc1Br. The Morgan fingerprint density at radius 1 is 1.29 bits per heavy atom. The summed E-state index contributed by atoms with van der Waals surface area (Å²) >= 11 is 3.51. The van der Waals surface area contributed by atoms with Crippen molar-refractivity contribution in [2.75, 3.05) is 18.0 Å². The molecule has 1 aromatic rings. The van der Waals surface area contributed by atoms with E-state index in [1.54, 1.807) is 0 Å². The van der Waals surface area contributed by atoms with Crippen LogP contribution in [0.4, 0.5) is 5.69 Å². The first-order valence-electron chi connectivity index (χ1n) is 6.30. The highest BCUT2D eigenvalue weighted by Gasteiger charge is 2.14. The molecular formula is C14H18BrNO. The molecule has 2 nitrogen and oxygen atoms in total. The average Bonchev–Trinajstić information content (AvgIpc) is 2.39. The van der Waals surface area contributed by atoms with Crippen LogP contribution in [-0.4, -0.2) is 18.9 Å². The molecule has 1 aliphatic heterocycles. The third kappa shape index (κ3) is 2.89. The van der Waals surface area contributed by atoms with E-state index in [0.29, 0.717) is 6.42 Å². The number of Topliss-reactive ketones (excluding diaryl/α,β-unsaturated/α-hetero) is 1. The molecule has 3 heteroatoms. The molecular weight excluding hydrogens is 278 g/mol. The Morgan fingerprint density at radius 2 is 2.00 bits per heavy atom. The molecule has 1 fully saturated rings. The number of benzene rings is 1. The summed E-state index contributed by atoms with van der Waals surface area (Å²) in [6.45, 7) is 4.16. The minimum absolute atomic E-state index is 0.196. The number of carbonyl (C=O) groups is 1. The van der Waals surface area contributed by atoms with Crippen LogP contribution >= 0.6 is 15.9 Å². The first-order valence-corrected chi connectivity index (χ1v) is 7.09. The zero-order valence-corrected chi connectivity index (χ0v) is 11.8. The van der Waals surface area contributed by atoms with E-state index in [-0.39, 0.29) is 5.78 Å². The fraction of sp³-hybridized carbons (Fsp3) is 0.500. The molecule has 0 spiro atoms. The van der Waals surface area contributed by atoms with E-state index >= 15 is 0 Å². The molecule has 17 heavy (non-hydrogen) atoms. The van der Waals surface area contributed by atoms with Gasteiger partial charge in [-0.1, -0.05) is 6.92 Å². The van der Waals surface area contributed by atoms with E-state index in [4.69, 9.17) is 0 Å². The quantitative estimate of drug-likeness (QED) is 0.785. The van der Waals surface area contributed by atoms with Crippen LogP contribution in [0.5, 0.6) is 0 Å². The Hall–Kier alpha value is -0.830. The zero-order chi connectivity index (χ0) is 12.3. The summed E-state index contributed by atoms with van der Waals surface area (Å²) in [5.41, 5.74) is 2.03. The molecule has 2 rings (SSSR count). The van der Waals surface area contributed by atoms with Crippen LogP contribution in [0.15, 0.2) is 22.7 Å². The van der Waals surface area contributed by atoms with E-state index in [9.17, 15) is 4.79 Å². The van der Waals surface area contributed by atoms with Crippen LogP contribution in [-0.2, 0) is 0 Å². The molecule has 0 aromatic heterocycles. The molecule has 0 amide bonds. The lowest BCUT2D eigenvalue weighted by atomic mass is 10.1. The van der Waals surface area contributed by atoms with Gasteiger partial charge in [-0.05, 0) is 53.4 Å². The molecule has 0 radical (unpaired) electrons. The van der Waals surface area contributed by atoms with Gasteiger partial charge in [0.15, 0.2) is 5.78 Å². The Morgan fingerprint density at radius 3 is 2.59 bits per heavy atom. The van der Waals surface area contributed by atoms with Crippen molar-refractivity contribution in [1.82, 2.24) is 0 Å². The lowest BCUT2D eigenvalue weighted by molar-refractivity contribution is 0.0987. The molecule has 1 aliphatic rings. The van der Waals surface area contributed by atoms with E-state index in [0.717, 1.165) is 23.1 Å². The summed E-state index contributed by atoms with van der Waals surface area (Å²) in [7, 11) is 0. The molecule has 0 bridgehead atoms. The lowest BCUT2D eigenvalue weighted by Gasteiger charge is -2.29. The minimum atomic E-state index is 0.196. The molecule has 0 unspecified atom stereocenters. The standard InChI is InChI=1S/C14H18BrNO/c1-2-14(17)12-7-6-11(10-13(12)15)16-8-4-3-5-9-16/h6-7,10H,2-5,8-9H2,1H3. The van der Waals surface area contributed by atoms with Crippen molar-refractivity contribution in [3.05, 3.63) is 28.2 Å². The molecule has 0 aliphatic carbocycles. The van der Waals surface area contributed by atoms with Crippen LogP contribution in [0.3, 0.4) is 0 Å². The predicted octanol–water partition coefficient (Wildman–Crippen LogP) is 4.03. The fourth-order valence-corrected chi connectivity index (χ4v) is 2.86. The monoisotopic (exact) mass is 295 g/mol. The van der Waals surface area contributed by atoms with Crippen molar-refractivity contribution < 1.29 is 4.79 Å². The summed E-state index contributed by atoms with van der Waals surface area (Å²) in [6, 6.07) is 6.09. The maximum absolute atomic E-state index is 11.7. The number of anilines is 1. The van der Waals surface area contributed by atoms with E-state index in [1.165, 1.54) is 24.9 Å². The maximum Gasteiger partial charge on any atom is 0.163 e. The first kappa shape index (κ1) is 12.6. The topological polar surface area (TPSA) is 20.3 Å². The molecule has 1 heterocycles. The summed E-state index contributed by atoms with van der Waals surface area (Å²) in [5, 5.41) is 0. The van der Waals surface area contributed by atoms with Crippen molar-refractivity contribution in [3.63, 3.8) is 0 Å². The number of nitrogens with zero attached hydrogens (tertiary/aromatic N) is 1. The number of halogens is 1. The second kappa shape index (κ2) is 5.67. The summed E-state index contributed by atoms with van der Waals surface area (Å²) in [6.07, 6.45) is 4.44. The number of hydrogen-bond donors (Lipinski definition) is 0. The van der Waals surface area contributed by atoms with E-state index in [2.05, 4.69) is 33.0 Å². The van der Waals surface area contributed by atoms with Crippen molar-refractivity contribution in [2.24, 2.45) is 0 Å². The minimum Gasteiger partial charge on any atom is -0.372 e. The van der Waals surface area contributed by atoms with Gasteiger partial charge in [-0.25, -0.2) is 0 Å². The summed E-state index contributed by atoms with van der Waals surface area (Å²) in [5.74, 6) is 0.196. The van der Waals surface area contributed by atoms with Crippen LogP contribution in [0, 0.1) is 0 Å². The molecule has 92 valence electrons. The number of carbonyl (C=O) groups excluding carboxylic acids is 1. The van der Waals surface area contributed by atoms with Gasteiger partial charge >= 0.3 is 0 Å². The Bertz CT molecular complexity index is 411. The van der Waals surface area contributed by atoms with Gasteiger partial charge in [-0.2, -0.15) is 0 Å². The zero-order valence-electron chi connectivity index (χ0n) is 10.2. The number of hydrogen-bond acceptors (Lipinski definition) is 2. The van der Waals surface area contributed by atoms with Crippen LogP contribution in [0.1, 0.15) is 43.0 Å². The van der Waals surface area contributed by atoms with Gasteiger partial charge in [0.1, 0.15) is 0 Å². The molecule has 1 saturated heterocycles. The second-order valence-corrected chi connectivity index (χ2v) is 5.34. The lowest BCUT2D eigenvalue weighted by Crippen LogP contribution is -2.29. The molecule has 0 saturated carbocycles. The Labute approximate surface area is 111 Å². The van der Waals surface area contributed by atoms with Crippen molar-refractivity contribution in [1.29, 1.82) is 0 Å². The Balaban J connectivity index is 2.20. The van der Waals surface area contributed by atoms with Crippen molar-refractivity contribution in [2.45, 2.75) is 32.6 Å². The fourth-order valence-electron chi connectivity index (χ4n) is 2.27. The first-order chi connectivity index (χ1) is 8.22. The van der Waals surface area contributed by atoms with E-state index < -0.39 is 0 Å². The maximum atomic E-state index is 11.7. The second-order valence-electron chi connectivity index (χ2n) is 4.49. The normalized spacial score (nSPS) is 16.0. The number of piperidine rings is 1. The van der Waals surface area contributed by atoms with Gasteiger partial charge in [-0.3, -0.25) is 4.79 Å². The smallest absolute Gasteiger partial charge is 0.163 e. The summed E-state index contributed by atoms with van der Waals surface area (Å²) < 4.78 is 0.924. The third-order valence-corrected chi connectivity index (χ3v) is 3.95. The molecule has 0 atom stereocenters. The number of rotatable bonds is 3. The predicted molar refractivity (Wildman–Crippen MR) is 74.8 cm³/mol.